The van der Waals surface area contributed by atoms with Crippen LogP contribution in [0.5, 0.6) is 5.75 Å². The third-order valence-corrected chi connectivity index (χ3v) is 6.73. The molecule has 2 heterocycles. The first-order valence-corrected chi connectivity index (χ1v) is 10.7. The van der Waals surface area contributed by atoms with Crippen LogP contribution in [-0.4, -0.2) is 47.8 Å². The van der Waals surface area contributed by atoms with Crippen LogP contribution in [-0.2, 0) is 11.3 Å². The van der Waals surface area contributed by atoms with Crippen molar-refractivity contribution >= 4 is 13.8 Å². The summed E-state index contributed by atoms with van der Waals surface area (Å²) in [5.74, 6) is -1.19. The van der Waals surface area contributed by atoms with Gasteiger partial charge in [-0.1, -0.05) is 31.3 Å². The average Bonchev–Trinajstić information content (AvgIpc) is 2.89. The second kappa shape index (κ2) is 9.18. The first-order valence-electron chi connectivity index (χ1n) is 10.7. The lowest BCUT2D eigenvalue weighted by atomic mass is 9.73. The molecule has 2 aliphatic heterocycles. The van der Waals surface area contributed by atoms with Gasteiger partial charge >= 0.3 is 12.3 Å². The minimum atomic E-state index is -4.70. The molecule has 0 aliphatic carbocycles. The number of carboxylic acid groups (broad SMARTS) is 1. The van der Waals surface area contributed by atoms with Crippen molar-refractivity contribution < 1.29 is 27.8 Å². The van der Waals surface area contributed by atoms with Gasteiger partial charge in [-0.3, -0.25) is 9.69 Å². The second-order valence-corrected chi connectivity index (χ2v) is 8.72. The summed E-state index contributed by atoms with van der Waals surface area (Å²) >= 11 is 0. The molecule has 0 amide bonds. The molecule has 0 saturated carbocycles. The Morgan fingerprint density at radius 3 is 2.27 bits per heavy atom. The lowest BCUT2D eigenvalue weighted by molar-refractivity contribution is -0.274. The number of fused-ring (bicyclic) bond motifs is 2. The van der Waals surface area contributed by atoms with Crippen LogP contribution in [0.2, 0.25) is 6.32 Å². The molecule has 3 N–H and O–H groups in total. The smallest absolute Gasteiger partial charge is 0.480 e. The van der Waals surface area contributed by atoms with Crippen LogP contribution < -0.4 is 10.5 Å². The predicted octanol–water partition coefficient (Wildman–Crippen LogP) is 3.33. The fourth-order valence-electron chi connectivity index (χ4n) is 5.11. The highest BCUT2D eigenvalue weighted by Gasteiger charge is 2.50. The Balaban J connectivity index is 1.64. The van der Waals surface area contributed by atoms with Crippen molar-refractivity contribution in [2.75, 3.05) is 0 Å². The monoisotopic (exact) mass is 426 g/mol. The minimum absolute atomic E-state index is 0.0526. The molecule has 5 nitrogen and oxygen atoms in total. The number of alkyl halides is 3. The highest BCUT2D eigenvalue weighted by molar-refractivity contribution is 6.08. The third-order valence-electron chi connectivity index (χ3n) is 6.73. The summed E-state index contributed by atoms with van der Waals surface area (Å²) in [6.45, 7) is 0.634. The summed E-state index contributed by atoms with van der Waals surface area (Å²) < 4.78 is 40.9. The summed E-state index contributed by atoms with van der Waals surface area (Å²) in [6, 6.07) is 6.49. The summed E-state index contributed by atoms with van der Waals surface area (Å²) in [5, 5.41) is 9.85. The Bertz CT molecular complexity index is 717. The maximum atomic E-state index is 12.3. The fourth-order valence-corrected chi connectivity index (χ4v) is 5.11. The van der Waals surface area contributed by atoms with E-state index in [2.05, 4.69) is 17.5 Å². The highest BCUT2D eigenvalue weighted by atomic mass is 19.4. The fraction of sp³-hybridized carbons (Fsp3) is 0.667. The molecule has 3 rings (SSSR count). The Morgan fingerprint density at radius 1 is 1.17 bits per heavy atom. The van der Waals surface area contributed by atoms with E-state index in [0.717, 1.165) is 50.4 Å². The number of halogens is 3. The lowest BCUT2D eigenvalue weighted by Gasteiger charge is -2.44. The summed E-state index contributed by atoms with van der Waals surface area (Å²) in [6.07, 6.45) is 2.13. The van der Waals surface area contributed by atoms with Gasteiger partial charge < -0.3 is 15.6 Å². The molecular weight excluding hydrogens is 396 g/mol. The molecule has 0 aromatic heterocycles. The molecule has 30 heavy (non-hydrogen) atoms. The summed E-state index contributed by atoms with van der Waals surface area (Å²) in [4.78, 5) is 14.4. The molecule has 1 aromatic carbocycles. The molecule has 0 spiro atoms. The van der Waals surface area contributed by atoms with E-state index in [9.17, 15) is 23.1 Å². The van der Waals surface area contributed by atoms with Gasteiger partial charge in [0.05, 0.1) is 0 Å². The molecule has 3 unspecified atom stereocenters. The number of carboxylic acids is 1. The molecule has 2 saturated heterocycles. The third kappa shape index (κ3) is 5.30. The number of unbranched alkanes of at least 4 members (excludes halogenated alkanes) is 1. The van der Waals surface area contributed by atoms with Crippen molar-refractivity contribution in [3.63, 3.8) is 0 Å². The van der Waals surface area contributed by atoms with Gasteiger partial charge in [-0.2, -0.15) is 0 Å². The Labute approximate surface area is 176 Å². The van der Waals surface area contributed by atoms with E-state index in [1.54, 1.807) is 12.1 Å². The molecule has 166 valence electrons. The van der Waals surface area contributed by atoms with Crippen LogP contribution in [0.15, 0.2) is 24.3 Å². The van der Waals surface area contributed by atoms with Gasteiger partial charge in [0.1, 0.15) is 19.1 Å². The number of hydrogen-bond acceptors (Lipinski definition) is 4. The zero-order chi connectivity index (χ0) is 21.9. The topological polar surface area (TPSA) is 75.8 Å². The van der Waals surface area contributed by atoms with Gasteiger partial charge in [0, 0.05) is 18.6 Å². The second-order valence-electron chi connectivity index (χ2n) is 8.72. The van der Waals surface area contributed by atoms with Crippen molar-refractivity contribution in [3.05, 3.63) is 29.8 Å². The summed E-state index contributed by atoms with van der Waals surface area (Å²) in [5.41, 5.74) is 6.18. The quantitative estimate of drug-likeness (QED) is 0.468. The number of benzene rings is 1. The molecule has 1 aromatic rings. The molecule has 2 bridgehead atoms. The van der Waals surface area contributed by atoms with E-state index >= 15 is 0 Å². The molecule has 2 aliphatic rings. The van der Waals surface area contributed by atoms with Crippen molar-refractivity contribution in [2.24, 2.45) is 11.7 Å². The van der Waals surface area contributed by atoms with Gasteiger partial charge in [-0.15, -0.1) is 13.2 Å². The summed E-state index contributed by atoms with van der Waals surface area (Å²) in [7, 11) is 2.08. The van der Waals surface area contributed by atoms with Crippen molar-refractivity contribution in [2.45, 2.75) is 81.8 Å². The van der Waals surface area contributed by atoms with Crippen LogP contribution in [0, 0.1) is 5.92 Å². The number of aliphatic carboxylic acids is 1. The van der Waals surface area contributed by atoms with Crippen LogP contribution in [0.1, 0.15) is 50.5 Å². The van der Waals surface area contributed by atoms with Crippen molar-refractivity contribution in [1.82, 2.24) is 4.90 Å². The zero-order valence-corrected chi connectivity index (χ0v) is 17.3. The lowest BCUT2D eigenvalue weighted by Crippen LogP contribution is -2.58. The molecule has 0 radical (unpaired) electrons. The highest BCUT2D eigenvalue weighted by Crippen LogP contribution is 2.44. The maximum Gasteiger partial charge on any atom is 0.573 e. The van der Waals surface area contributed by atoms with E-state index in [1.165, 1.54) is 12.1 Å². The minimum Gasteiger partial charge on any atom is -0.480 e. The SMILES string of the molecule is BCCCCC(N)(C(=O)O)C1CC2CCC(C1)N2Cc1ccc(OC(F)(F)F)cc1. The van der Waals surface area contributed by atoms with E-state index in [1.807, 2.05) is 0 Å². The van der Waals surface area contributed by atoms with Gasteiger partial charge in [-0.25, -0.2) is 0 Å². The van der Waals surface area contributed by atoms with Crippen LogP contribution >= 0.6 is 0 Å². The average molecular weight is 426 g/mol. The molecule has 2 fully saturated rings. The van der Waals surface area contributed by atoms with E-state index in [4.69, 9.17) is 5.73 Å². The number of rotatable bonds is 9. The first-order chi connectivity index (χ1) is 14.1. The number of hydrogen-bond donors (Lipinski definition) is 2. The van der Waals surface area contributed by atoms with Crippen molar-refractivity contribution in [3.8, 4) is 5.75 Å². The molecule has 3 atom stereocenters. The number of carbonyl (C=O) groups is 1. The van der Waals surface area contributed by atoms with Crippen LogP contribution in [0.25, 0.3) is 0 Å². The first kappa shape index (κ1) is 22.9. The number of piperidine rings is 1. The van der Waals surface area contributed by atoms with Crippen LogP contribution in [0.4, 0.5) is 13.2 Å². The Kier molecular flexibility index (Phi) is 7.02. The van der Waals surface area contributed by atoms with E-state index in [0.29, 0.717) is 13.0 Å². The number of ether oxygens (including phenoxy) is 1. The van der Waals surface area contributed by atoms with Crippen molar-refractivity contribution in [1.29, 1.82) is 0 Å². The van der Waals surface area contributed by atoms with Gasteiger partial charge in [0.2, 0.25) is 0 Å². The van der Waals surface area contributed by atoms with Gasteiger partial charge in [0.25, 0.3) is 0 Å². The van der Waals surface area contributed by atoms with Crippen LogP contribution in [0.3, 0.4) is 0 Å². The zero-order valence-electron chi connectivity index (χ0n) is 17.3. The van der Waals surface area contributed by atoms with E-state index in [-0.39, 0.29) is 23.8 Å². The molecule has 9 heteroatoms. The Morgan fingerprint density at radius 2 is 1.77 bits per heavy atom. The number of nitrogens with zero attached hydrogens (tertiary/aromatic N) is 1. The maximum absolute atomic E-state index is 12.3. The molecular formula is C21H30BF3N2O3. The Hall–Kier alpha value is -1.74. The van der Waals surface area contributed by atoms with Gasteiger partial charge in [-0.05, 0) is 55.7 Å². The number of nitrogens with two attached hydrogens (primary N) is 1. The van der Waals surface area contributed by atoms with Gasteiger partial charge in [0.15, 0.2) is 0 Å². The normalized spacial score (nSPS) is 26.3. The standard InChI is InChI=1S/C21H30BF3N2O3/c22-10-2-1-9-20(26,19(28)29)15-11-16-5-6-17(12-15)27(16)13-14-3-7-18(8-4-14)30-21(23,24)25/h3-4,7-8,15-17H,1-2,5-6,9-13,22,26H2,(H,28,29). The predicted molar refractivity (Wildman–Crippen MR) is 110 cm³/mol. The largest absolute Gasteiger partial charge is 0.573 e. The van der Waals surface area contributed by atoms with E-state index < -0.39 is 17.9 Å².